The maximum atomic E-state index is 13.2. The van der Waals surface area contributed by atoms with Crippen molar-refractivity contribution in [1.82, 2.24) is 4.90 Å². The summed E-state index contributed by atoms with van der Waals surface area (Å²) in [6.45, 7) is 14.2. The summed E-state index contributed by atoms with van der Waals surface area (Å²) in [5.74, 6) is -0.648. The third-order valence-electron chi connectivity index (χ3n) is 7.06. The Bertz CT molecular complexity index is 632. The third kappa shape index (κ3) is 8.98. The standard InChI is InChI=1S/C25H47NO8/c1-9-21-25(7,34-24(29)30)12-17(3)13-26(14-27)19(5)11-16(2)10-18(4)22(32-15-31-8)20(6)23(28)33-21/h16-22,27H,9-15H2,1-8H3,(H,29,30)/t16?,17-,18?,19-,20?,21?,22?,25+/m1/s1. The summed E-state index contributed by atoms with van der Waals surface area (Å²) in [5.41, 5.74) is -1.23. The minimum atomic E-state index is -1.41. The molecule has 8 atom stereocenters. The number of aliphatic hydroxyl groups is 1. The van der Waals surface area contributed by atoms with E-state index in [0.717, 1.165) is 12.8 Å². The fourth-order valence-electron chi connectivity index (χ4n) is 5.54. The highest BCUT2D eigenvalue weighted by molar-refractivity contribution is 5.73. The Labute approximate surface area is 205 Å². The van der Waals surface area contributed by atoms with Crippen LogP contribution in [-0.4, -0.2) is 78.3 Å². The molecule has 1 fully saturated rings. The molecule has 1 rings (SSSR count). The van der Waals surface area contributed by atoms with E-state index in [1.165, 1.54) is 7.11 Å². The minimum Gasteiger partial charge on any atom is -0.458 e. The van der Waals surface area contributed by atoms with Gasteiger partial charge in [-0.05, 0) is 64.2 Å². The van der Waals surface area contributed by atoms with Gasteiger partial charge in [-0.1, -0.05) is 27.7 Å². The van der Waals surface area contributed by atoms with Gasteiger partial charge in [-0.2, -0.15) is 0 Å². The van der Waals surface area contributed by atoms with Crippen LogP contribution in [0, 0.1) is 23.7 Å². The first kappa shape index (κ1) is 30.6. The van der Waals surface area contributed by atoms with Crippen molar-refractivity contribution < 1.29 is 38.7 Å². The summed E-state index contributed by atoms with van der Waals surface area (Å²) in [4.78, 5) is 26.8. The van der Waals surface area contributed by atoms with Gasteiger partial charge in [0, 0.05) is 19.7 Å². The van der Waals surface area contributed by atoms with Crippen LogP contribution in [0.3, 0.4) is 0 Å². The van der Waals surface area contributed by atoms with E-state index in [0.29, 0.717) is 25.3 Å². The van der Waals surface area contributed by atoms with Crippen molar-refractivity contribution in [2.45, 2.75) is 98.0 Å². The number of carbonyl (C=O) groups excluding carboxylic acids is 1. The van der Waals surface area contributed by atoms with Gasteiger partial charge in [-0.25, -0.2) is 4.79 Å². The number of esters is 1. The molecule has 0 aromatic rings. The van der Waals surface area contributed by atoms with E-state index in [4.69, 9.17) is 18.9 Å². The molecule has 2 N–H and O–H groups in total. The summed E-state index contributed by atoms with van der Waals surface area (Å²) >= 11 is 0. The van der Waals surface area contributed by atoms with E-state index in [1.54, 1.807) is 13.8 Å². The summed E-state index contributed by atoms with van der Waals surface area (Å²) in [7, 11) is 1.54. The van der Waals surface area contributed by atoms with Crippen molar-refractivity contribution in [1.29, 1.82) is 0 Å². The average molecular weight is 490 g/mol. The van der Waals surface area contributed by atoms with Crippen LogP contribution in [0.2, 0.25) is 0 Å². The molecule has 200 valence electrons. The number of rotatable bonds is 6. The molecule has 0 bridgehead atoms. The van der Waals surface area contributed by atoms with Crippen molar-refractivity contribution in [2.24, 2.45) is 23.7 Å². The lowest BCUT2D eigenvalue weighted by molar-refractivity contribution is -0.182. The molecule has 9 nitrogen and oxygen atoms in total. The Balaban J connectivity index is 3.39. The summed E-state index contributed by atoms with van der Waals surface area (Å²) in [5, 5.41) is 19.5. The predicted octanol–water partition coefficient (Wildman–Crippen LogP) is 4.12. The number of aliphatic hydroxyl groups excluding tert-OH is 1. The van der Waals surface area contributed by atoms with E-state index in [2.05, 4.69) is 20.8 Å². The van der Waals surface area contributed by atoms with Crippen LogP contribution in [0.25, 0.3) is 0 Å². The molecule has 0 saturated carbocycles. The first-order valence-electron chi connectivity index (χ1n) is 12.5. The van der Waals surface area contributed by atoms with Crippen LogP contribution in [-0.2, 0) is 23.7 Å². The monoisotopic (exact) mass is 489 g/mol. The Hall–Kier alpha value is -1.42. The summed E-state index contributed by atoms with van der Waals surface area (Å²) < 4.78 is 22.3. The van der Waals surface area contributed by atoms with Gasteiger partial charge in [0.05, 0.1) is 18.8 Å². The molecule has 9 heteroatoms. The third-order valence-corrected chi connectivity index (χ3v) is 7.06. The Morgan fingerprint density at radius 2 is 1.82 bits per heavy atom. The smallest absolute Gasteiger partial charge is 0.458 e. The molecule has 1 aliphatic heterocycles. The quantitative estimate of drug-likeness (QED) is 0.420. The zero-order valence-corrected chi connectivity index (χ0v) is 22.3. The molecule has 5 unspecified atom stereocenters. The number of hydrogen-bond acceptors (Lipinski definition) is 8. The highest BCUT2D eigenvalue weighted by Gasteiger charge is 2.43. The number of hydrogen-bond donors (Lipinski definition) is 2. The van der Waals surface area contributed by atoms with Gasteiger partial charge < -0.3 is 29.2 Å². The lowest BCUT2D eigenvalue weighted by Crippen LogP contribution is -2.49. The summed E-state index contributed by atoms with van der Waals surface area (Å²) in [6.07, 6.45) is -0.151. The zero-order valence-electron chi connectivity index (χ0n) is 22.3. The topological polar surface area (TPSA) is 115 Å². The second kappa shape index (κ2) is 14.2. The van der Waals surface area contributed by atoms with E-state index in [-0.39, 0.29) is 31.4 Å². The largest absolute Gasteiger partial charge is 0.506 e. The molecule has 0 aromatic heterocycles. The number of carbonyl (C=O) groups is 2. The van der Waals surface area contributed by atoms with Gasteiger partial charge in [0.2, 0.25) is 0 Å². The fourth-order valence-corrected chi connectivity index (χ4v) is 5.54. The lowest BCUT2D eigenvalue weighted by atomic mass is 9.84. The van der Waals surface area contributed by atoms with Crippen LogP contribution in [0.15, 0.2) is 0 Å². The molecule has 0 amide bonds. The van der Waals surface area contributed by atoms with Gasteiger partial charge in [0.15, 0.2) is 0 Å². The van der Waals surface area contributed by atoms with Gasteiger partial charge in [0.1, 0.15) is 18.5 Å². The number of ether oxygens (including phenoxy) is 4. The zero-order chi connectivity index (χ0) is 26.1. The Kier molecular flexibility index (Phi) is 12.8. The SMILES string of the molecule is CCC1OC(=O)C(C)C(OCOC)C(C)CC(C)C[C@@H](C)N(CO)C[C@H](C)C[C@]1(C)OC(=O)O. The first-order valence-corrected chi connectivity index (χ1v) is 12.5. The molecule has 1 aliphatic rings. The van der Waals surface area contributed by atoms with Crippen molar-refractivity contribution in [3.63, 3.8) is 0 Å². The highest BCUT2D eigenvalue weighted by atomic mass is 16.7. The normalized spacial score (nSPS) is 37.3. The summed E-state index contributed by atoms with van der Waals surface area (Å²) in [6, 6.07) is 0.127. The number of cyclic esters (lactones) is 1. The molecule has 1 saturated heterocycles. The van der Waals surface area contributed by atoms with Crippen LogP contribution >= 0.6 is 0 Å². The number of carboxylic acid groups (broad SMARTS) is 1. The molecule has 1 heterocycles. The van der Waals surface area contributed by atoms with Crippen molar-refractivity contribution >= 4 is 12.1 Å². The fraction of sp³-hybridized carbons (Fsp3) is 0.920. The van der Waals surface area contributed by atoms with Crippen molar-refractivity contribution in [3.05, 3.63) is 0 Å². The van der Waals surface area contributed by atoms with Gasteiger partial charge in [0.25, 0.3) is 0 Å². The number of nitrogens with zero attached hydrogens (tertiary/aromatic N) is 1. The Morgan fingerprint density at radius 3 is 2.35 bits per heavy atom. The molecule has 34 heavy (non-hydrogen) atoms. The maximum absolute atomic E-state index is 13.2. The van der Waals surface area contributed by atoms with E-state index in [1.807, 2.05) is 18.7 Å². The lowest BCUT2D eigenvalue weighted by Gasteiger charge is -2.39. The van der Waals surface area contributed by atoms with Crippen LogP contribution < -0.4 is 0 Å². The van der Waals surface area contributed by atoms with E-state index in [9.17, 15) is 19.8 Å². The number of methoxy groups -OCH3 is 1. The maximum Gasteiger partial charge on any atom is 0.506 e. The van der Waals surface area contributed by atoms with Gasteiger partial charge in [-0.3, -0.25) is 9.69 Å². The Morgan fingerprint density at radius 1 is 1.18 bits per heavy atom. The van der Waals surface area contributed by atoms with Crippen molar-refractivity contribution in [2.75, 3.05) is 27.2 Å². The van der Waals surface area contributed by atoms with E-state index < -0.39 is 35.9 Å². The molecule has 0 aromatic carbocycles. The van der Waals surface area contributed by atoms with Gasteiger partial charge >= 0.3 is 12.1 Å². The second-order valence-electron chi connectivity index (χ2n) is 10.5. The first-order chi connectivity index (χ1) is 15.9. The van der Waals surface area contributed by atoms with Crippen molar-refractivity contribution in [3.8, 4) is 0 Å². The predicted molar refractivity (Wildman–Crippen MR) is 128 cm³/mol. The van der Waals surface area contributed by atoms with Gasteiger partial charge in [-0.15, -0.1) is 0 Å². The second-order valence-corrected chi connectivity index (χ2v) is 10.5. The molecule has 0 radical (unpaired) electrons. The highest BCUT2D eigenvalue weighted by Crippen LogP contribution is 2.33. The average Bonchev–Trinajstić information content (AvgIpc) is 2.73. The molecule has 0 aliphatic carbocycles. The molecular formula is C25H47NO8. The molecule has 0 spiro atoms. The van der Waals surface area contributed by atoms with Crippen LogP contribution in [0.1, 0.15) is 74.1 Å². The van der Waals surface area contributed by atoms with E-state index >= 15 is 0 Å². The minimum absolute atomic E-state index is 0.0127. The molecular weight excluding hydrogens is 442 g/mol. The van der Waals surface area contributed by atoms with Crippen LogP contribution in [0.5, 0.6) is 0 Å². The van der Waals surface area contributed by atoms with Crippen LogP contribution in [0.4, 0.5) is 4.79 Å².